The Bertz CT molecular complexity index is 490. The second-order valence-corrected chi connectivity index (χ2v) is 3.60. The minimum atomic E-state index is -1.56. The van der Waals surface area contributed by atoms with Gasteiger partial charge in [0.05, 0.1) is 5.02 Å². The van der Waals surface area contributed by atoms with Crippen LogP contribution in [0.4, 0.5) is 0 Å². The summed E-state index contributed by atoms with van der Waals surface area (Å²) >= 11 is 5.98. The zero-order valence-corrected chi connectivity index (χ0v) is 8.96. The Morgan fingerprint density at radius 3 is 2.25 bits per heavy atom. The Labute approximate surface area is 97.7 Å². The van der Waals surface area contributed by atoms with Crippen LogP contribution in [-0.2, 0) is 0 Å². The highest BCUT2D eigenvalue weighted by Gasteiger charge is 2.12. The average Bonchev–Trinajstić information content (AvgIpc) is 2.30. The van der Waals surface area contributed by atoms with Crippen molar-refractivity contribution >= 4 is 24.2 Å². The van der Waals surface area contributed by atoms with Gasteiger partial charge in [-0.05, 0) is 12.1 Å². The molecule has 0 aliphatic heterocycles. The first-order chi connectivity index (χ1) is 7.68. The van der Waals surface area contributed by atoms with Crippen molar-refractivity contribution in [1.82, 2.24) is 9.97 Å². The van der Waals surface area contributed by atoms with Crippen LogP contribution in [0, 0.1) is 0 Å². The highest BCUT2D eigenvalue weighted by atomic mass is 35.5. The van der Waals surface area contributed by atoms with Crippen LogP contribution in [0.1, 0.15) is 0 Å². The molecule has 16 heavy (non-hydrogen) atoms. The number of halogens is 1. The molecule has 2 aromatic rings. The number of aromatic nitrogens is 2. The molecule has 0 saturated carbocycles. The molecule has 6 heteroatoms. The summed E-state index contributed by atoms with van der Waals surface area (Å²) in [5.74, 6) is 0.454. The summed E-state index contributed by atoms with van der Waals surface area (Å²) < 4.78 is 0. The van der Waals surface area contributed by atoms with Gasteiger partial charge in [0.1, 0.15) is 0 Å². The molecule has 2 rings (SSSR count). The molecule has 0 aliphatic carbocycles. The van der Waals surface area contributed by atoms with Crippen molar-refractivity contribution in [2.24, 2.45) is 0 Å². The first-order valence-corrected chi connectivity index (χ1v) is 4.99. The Morgan fingerprint density at radius 1 is 1.06 bits per heavy atom. The first kappa shape index (κ1) is 11.1. The van der Waals surface area contributed by atoms with E-state index in [4.69, 9.17) is 21.6 Å². The summed E-state index contributed by atoms with van der Waals surface area (Å²) in [4.78, 5) is 8.03. The van der Waals surface area contributed by atoms with Gasteiger partial charge in [0.2, 0.25) is 0 Å². The van der Waals surface area contributed by atoms with Gasteiger partial charge in [-0.25, -0.2) is 9.97 Å². The maximum Gasteiger partial charge on any atom is 0.491 e. The van der Waals surface area contributed by atoms with Gasteiger partial charge in [-0.15, -0.1) is 0 Å². The molecule has 1 aromatic heterocycles. The zero-order valence-electron chi connectivity index (χ0n) is 8.21. The van der Waals surface area contributed by atoms with Crippen molar-refractivity contribution in [3.05, 3.63) is 41.7 Å². The summed E-state index contributed by atoms with van der Waals surface area (Å²) in [5, 5.41) is 18.3. The van der Waals surface area contributed by atoms with Crippen LogP contribution in [0.2, 0.25) is 5.02 Å². The highest BCUT2D eigenvalue weighted by Crippen LogP contribution is 2.23. The first-order valence-electron chi connectivity index (χ1n) is 4.61. The largest absolute Gasteiger partial charge is 0.491 e. The minimum Gasteiger partial charge on any atom is -0.423 e. The fraction of sp³-hybridized carbons (Fsp3) is 0. The molecular weight excluding hydrogens is 226 g/mol. The Balaban J connectivity index is 2.39. The monoisotopic (exact) mass is 234 g/mol. The molecular formula is C10H8BClN2O2. The van der Waals surface area contributed by atoms with E-state index in [1.807, 2.05) is 12.1 Å². The topological polar surface area (TPSA) is 66.2 Å². The molecule has 0 aliphatic rings. The van der Waals surface area contributed by atoms with E-state index in [9.17, 15) is 0 Å². The molecule has 1 aromatic carbocycles. The van der Waals surface area contributed by atoms with Gasteiger partial charge in [0, 0.05) is 23.4 Å². The van der Waals surface area contributed by atoms with E-state index in [0.717, 1.165) is 0 Å². The van der Waals surface area contributed by atoms with Crippen LogP contribution in [-0.4, -0.2) is 27.1 Å². The van der Waals surface area contributed by atoms with Crippen LogP contribution in [0.15, 0.2) is 36.7 Å². The molecule has 0 amide bonds. The van der Waals surface area contributed by atoms with E-state index < -0.39 is 7.12 Å². The second kappa shape index (κ2) is 4.61. The van der Waals surface area contributed by atoms with Crippen molar-refractivity contribution < 1.29 is 10.0 Å². The highest BCUT2D eigenvalue weighted by molar-refractivity contribution is 6.58. The smallest absolute Gasteiger partial charge is 0.423 e. The van der Waals surface area contributed by atoms with Gasteiger partial charge in [0.25, 0.3) is 0 Å². The van der Waals surface area contributed by atoms with E-state index >= 15 is 0 Å². The van der Waals surface area contributed by atoms with Crippen LogP contribution >= 0.6 is 11.6 Å². The summed E-state index contributed by atoms with van der Waals surface area (Å²) in [5.41, 5.74) is 0.957. The molecule has 0 radical (unpaired) electrons. The number of benzene rings is 1. The van der Waals surface area contributed by atoms with E-state index in [0.29, 0.717) is 16.4 Å². The molecule has 2 N–H and O–H groups in total. The molecule has 0 fully saturated rings. The quantitative estimate of drug-likeness (QED) is 0.742. The fourth-order valence-electron chi connectivity index (χ4n) is 1.25. The normalized spacial score (nSPS) is 10.2. The number of rotatable bonds is 2. The maximum absolute atomic E-state index is 8.89. The third-order valence-corrected chi connectivity index (χ3v) is 2.41. The summed E-state index contributed by atoms with van der Waals surface area (Å²) in [6, 6.07) is 7.19. The van der Waals surface area contributed by atoms with Gasteiger partial charge < -0.3 is 10.0 Å². The lowest BCUT2D eigenvalue weighted by molar-refractivity contribution is 0.425. The molecule has 0 saturated heterocycles. The van der Waals surface area contributed by atoms with Crippen molar-refractivity contribution in [1.29, 1.82) is 0 Å². The van der Waals surface area contributed by atoms with Gasteiger partial charge in [-0.3, -0.25) is 0 Å². The summed E-state index contributed by atoms with van der Waals surface area (Å²) in [7, 11) is -1.56. The van der Waals surface area contributed by atoms with Gasteiger partial charge in [0.15, 0.2) is 5.82 Å². The van der Waals surface area contributed by atoms with Crippen molar-refractivity contribution in [2.75, 3.05) is 0 Å². The predicted molar refractivity (Wildman–Crippen MR) is 62.3 cm³/mol. The van der Waals surface area contributed by atoms with Crippen LogP contribution in [0.25, 0.3) is 11.4 Å². The van der Waals surface area contributed by atoms with E-state index in [1.54, 1.807) is 12.1 Å². The van der Waals surface area contributed by atoms with Crippen molar-refractivity contribution in [3.8, 4) is 11.4 Å². The third kappa shape index (κ3) is 2.22. The Kier molecular flexibility index (Phi) is 3.19. The van der Waals surface area contributed by atoms with E-state index in [2.05, 4.69) is 9.97 Å². The number of hydrogen-bond acceptors (Lipinski definition) is 4. The average molecular weight is 234 g/mol. The predicted octanol–water partition coefficient (Wildman–Crippen LogP) is 0.477. The SMILES string of the molecule is OB(O)c1cnc(-c2ccccc2Cl)nc1. The van der Waals surface area contributed by atoms with Crippen LogP contribution in [0.3, 0.4) is 0 Å². The van der Waals surface area contributed by atoms with Gasteiger partial charge in [-0.1, -0.05) is 23.7 Å². The van der Waals surface area contributed by atoms with Gasteiger partial charge >= 0.3 is 7.12 Å². The van der Waals surface area contributed by atoms with Gasteiger partial charge in [-0.2, -0.15) is 0 Å². The molecule has 0 atom stereocenters. The van der Waals surface area contributed by atoms with E-state index in [-0.39, 0.29) is 5.46 Å². The minimum absolute atomic E-state index is 0.246. The Morgan fingerprint density at radius 2 is 1.69 bits per heavy atom. The summed E-state index contributed by atoms with van der Waals surface area (Å²) in [6.07, 6.45) is 2.71. The lowest BCUT2D eigenvalue weighted by Gasteiger charge is -2.03. The summed E-state index contributed by atoms with van der Waals surface area (Å²) in [6.45, 7) is 0. The lowest BCUT2D eigenvalue weighted by Crippen LogP contribution is -2.30. The maximum atomic E-state index is 8.89. The van der Waals surface area contributed by atoms with Crippen molar-refractivity contribution in [2.45, 2.75) is 0 Å². The van der Waals surface area contributed by atoms with Crippen LogP contribution in [0.5, 0.6) is 0 Å². The molecule has 0 spiro atoms. The van der Waals surface area contributed by atoms with Crippen molar-refractivity contribution in [3.63, 3.8) is 0 Å². The Hall–Kier alpha value is -1.43. The standard InChI is InChI=1S/C10H8BClN2O2/c12-9-4-2-1-3-8(9)10-13-5-7(6-14-10)11(15)16/h1-6,15-16H. The third-order valence-electron chi connectivity index (χ3n) is 2.08. The number of nitrogens with zero attached hydrogens (tertiary/aromatic N) is 2. The molecule has 0 unspecified atom stereocenters. The molecule has 1 heterocycles. The zero-order chi connectivity index (χ0) is 11.5. The fourth-order valence-corrected chi connectivity index (χ4v) is 1.47. The second-order valence-electron chi connectivity index (χ2n) is 3.19. The lowest BCUT2D eigenvalue weighted by atomic mass is 9.83. The molecule has 80 valence electrons. The van der Waals surface area contributed by atoms with Crippen LogP contribution < -0.4 is 5.46 Å². The molecule has 0 bridgehead atoms. The van der Waals surface area contributed by atoms with E-state index in [1.165, 1.54) is 12.4 Å². The molecule has 4 nitrogen and oxygen atoms in total. The number of hydrogen-bond donors (Lipinski definition) is 2.